The molecule has 6 nitrogen and oxygen atoms in total. The second-order valence-corrected chi connectivity index (χ2v) is 6.69. The minimum Gasteiger partial charge on any atom is -0.325 e. The number of carbonyl (C=O) groups excluding carboxylic acids is 1. The quantitative estimate of drug-likeness (QED) is 0.497. The number of nitrogens with one attached hydrogen (secondary N) is 1. The van der Waals surface area contributed by atoms with Crippen LogP contribution in [0.2, 0.25) is 0 Å². The van der Waals surface area contributed by atoms with Crippen LogP contribution in [0.1, 0.15) is 5.56 Å². The van der Waals surface area contributed by atoms with Crippen molar-refractivity contribution < 1.29 is 9.18 Å². The summed E-state index contributed by atoms with van der Waals surface area (Å²) in [5.74, 6) is 0.144. The standard InChI is InChI=1S/C19H18FN5OS/c1-3-9-25-18(14-5-4-8-21-11-14)23-24-19(25)27-12-17(26)22-16-10-15(20)7-6-13(16)2/h3-8,10-11H,1,9,12H2,2H3,(H,22,26). The first-order chi connectivity index (χ1) is 13.1. The van der Waals surface area contributed by atoms with Crippen LogP contribution < -0.4 is 5.32 Å². The molecule has 0 unspecified atom stereocenters. The number of benzene rings is 1. The molecule has 0 saturated heterocycles. The Kier molecular flexibility index (Phi) is 5.97. The predicted octanol–water partition coefficient (Wildman–Crippen LogP) is 3.70. The molecule has 1 amide bonds. The lowest BCUT2D eigenvalue weighted by molar-refractivity contribution is -0.113. The molecule has 0 atom stereocenters. The second kappa shape index (κ2) is 8.59. The normalized spacial score (nSPS) is 10.6. The topological polar surface area (TPSA) is 72.7 Å². The van der Waals surface area contributed by atoms with Gasteiger partial charge in [-0.1, -0.05) is 23.9 Å². The van der Waals surface area contributed by atoms with Gasteiger partial charge in [0.1, 0.15) is 5.82 Å². The molecule has 2 aromatic heterocycles. The van der Waals surface area contributed by atoms with Gasteiger partial charge in [0.05, 0.1) is 5.75 Å². The summed E-state index contributed by atoms with van der Waals surface area (Å²) in [4.78, 5) is 16.4. The number of thioether (sulfide) groups is 1. The van der Waals surface area contributed by atoms with E-state index in [1.54, 1.807) is 24.5 Å². The second-order valence-electron chi connectivity index (χ2n) is 5.74. The van der Waals surface area contributed by atoms with Crippen molar-refractivity contribution in [1.82, 2.24) is 19.7 Å². The largest absolute Gasteiger partial charge is 0.325 e. The third-order valence-electron chi connectivity index (χ3n) is 3.75. The Morgan fingerprint density at radius 1 is 1.37 bits per heavy atom. The summed E-state index contributed by atoms with van der Waals surface area (Å²) in [6.07, 6.45) is 5.13. The molecule has 0 aliphatic rings. The van der Waals surface area contributed by atoms with E-state index in [4.69, 9.17) is 0 Å². The van der Waals surface area contributed by atoms with Gasteiger partial charge in [-0.2, -0.15) is 0 Å². The first-order valence-electron chi connectivity index (χ1n) is 8.22. The van der Waals surface area contributed by atoms with Crippen LogP contribution in [-0.2, 0) is 11.3 Å². The van der Waals surface area contributed by atoms with Crippen molar-refractivity contribution in [2.24, 2.45) is 0 Å². The van der Waals surface area contributed by atoms with E-state index in [2.05, 4.69) is 27.1 Å². The van der Waals surface area contributed by atoms with E-state index in [9.17, 15) is 9.18 Å². The summed E-state index contributed by atoms with van der Waals surface area (Å²) < 4.78 is 15.2. The van der Waals surface area contributed by atoms with Crippen LogP contribution in [0.4, 0.5) is 10.1 Å². The van der Waals surface area contributed by atoms with Crippen LogP contribution in [0, 0.1) is 12.7 Å². The maximum absolute atomic E-state index is 13.4. The molecule has 8 heteroatoms. The molecule has 0 spiro atoms. The van der Waals surface area contributed by atoms with E-state index in [0.717, 1.165) is 11.1 Å². The number of rotatable bonds is 7. The van der Waals surface area contributed by atoms with Crippen molar-refractivity contribution in [3.63, 3.8) is 0 Å². The van der Waals surface area contributed by atoms with E-state index >= 15 is 0 Å². The van der Waals surface area contributed by atoms with Gasteiger partial charge in [0.15, 0.2) is 11.0 Å². The molecule has 0 aliphatic heterocycles. The van der Waals surface area contributed by atoms with Crippen molar-refractivity contribution in [3.05, 3.63) is 66.8 Å². The Morgan fingerprint density at radius 3 is 2.96 bits per heavy atom. The highest BCUT2D eigenvalue weighted by atomic mass is 32.2. The average Bonchev–Trinajstić information content (AvgIpc) is 3.07. The first kappa shape index (κ1) is 18.8. The molecule has 0 bridgehead atoms. The summed E-state index contributed by atoms with van der Waals surface area (Å²) >= 11 is 1.26. The van der Waals surface area contributed by atoms with E-state index < -0.39 is 5.82 Å². The number of anilines is 1. The fourth-order valence-electron chi connectivity index (χ4n) is 2.44. The molecule has 0 radical (unpaired) electrons. The highest BCUT2D eigenvalue weighted by molar-refractivity contribution is 7.99. The number of hydrogen-bond acceptors (Lipinski definition) is 5. The molecular weight excluding hydrogens is 365 g/mol. The minimum atomic E-state index is -0.393. The molecular formula is C19H18FN5OS. The van der Waals surface area contributed by atoms with Gasteiger partial charge in [0.2, 0.25) is 5.91 Å². The molecule has 1 N–H and O–H groups in total. The summed E-state index contributed by atoms with van der Waals surface area (Å²) in [6, 6.07) is 8.00. The van der Waals surface area contributed by atoms with Gasteiger partial charge < -0.3 is 5.32 Å². The van der Waals surface area contributed by atoms with Crippen LogP contribution in [0.15, 0.2) is 60.5 Å². The Morgan fingerprint density at radius 2 is 2.22 bits per heavy atom. The number of pyridine rings is 1. The van der Waals surface area contributed by atoms with E-state index in [0.29, 0.717) is 23.2 Å². The number of aryl methyl sites for hydroxylation is 1. The Bertz CT molecular complexity index is 958. The van der Waals surface area contributed by atoms with Crippen molar-refractivity contribution >= 4 is 23.4 Å². The monoisotopic (exact) mass is 383 g/mol. The van der Waals surface area contributed by atoms with Gasteiger partial charge in [-0.15, -0.1) is 16.8 Å². The molecule has 0 aliphatic carbocycles. The SMILES string of the molecule is C=CCn1c(SCC(=O)Nc2cc(F)ccc2C)nnc1-c1cccnc1. The lowest BCUT2D eigenvalue weighted by Crippen LogP contribution is -2.15. The maximum Gasteiger partial charge on any atom is 0.234 e. The molecule has 1 aromatic carbocycles. The Balaban J connectivity index is 1.72. The van der Waals surface area contributed by atoms with Gasteiger partial charge in [0.25, 0.3) is 0 Å². The molecule has 0 saturated carbocycles. The van der Waals surface area contributed by atoms with Gasteiger partial charge >= 0.3 is 0 Å². The smallest absolute Gasteiger partial charge is 0.234 e. The molecule has 3 rings (SSSR count). The van der Waals surface area contributed by atoms with Gasteiger partial charge in [-0.05, 0) is 36.8 Å². The van der Waals surface area contributed by atoms with Crippen LogP contribution >= 0.6 is 11.8 Å². The highest BCUT2D eigenvalue weighted by Gasteiger charge is 2.15. The van der Waals surface area contributed by atoms with Crippen molar-refractivity contribution in [2.75, 3.05) is 11.1 Å². The molecule has 138 valence electrons. The van der Waals surface area contributed by atoms with E-state index in [1.807, 2.05) is 23.6 Å². The van der Waals surface area contributed by atoms with Crippen LogP contribution in [0.25, 0.3) is 11.4 Å². The summed E-state index contributed by atoms with van der Waals surface area (Å²) in [7, 11) is 0. The fourth-order valence-corrected chi connectivity index (χ4v) is 3.19. The fraction of sp³-hybridized carbons (Fsp3) is 0.158. The highest BCUT2D eigenvalue weighted by Crippen LogP contribution is 2.24. The zero-order valence-corrected chi connectivity index (χ0v) is 15.5. The van der Waals surface area contributed by atoms with Gasteiger partial charge in [-0.25, -0.2) is 4.39 Å². The van der Waals surface area contributed by atoms with Crippen molar-refractivity contribution in [3.8, 4) is 11.4 Å². The van der Waals surface area contributed by atoms with Gasteiger partial charge in [0, 0.05) is 30.2 Å². The average molecular weight is 383 g/mol. The number of nitrogens with zero attached hydrogens (tertiary/aromatic N) is 4. The summed E-state index contributed by atoms with van der Waals surface area (Å²) in [6.45, 7) is 6.08. The third kappa shape index (κ3) is 4.59. The maximum atomic E-state index is 13.4. The zero-order chi connectivity index (χ0) is 19.2. The molecule has 27 heavy (non-hydrogen) atoms. The summed E-state index contributed by atoms with van der Waals surface area (Å²) in [5.41, 5.74) is 2.09. The van der Waals surface area contributed by atoms with Crippen molar-refractivity contribution in [1.29, 1.82) is 0 Å². The van der Waals surface area contributed by atoms with Crippen LogP contribution in [0.5, 0.6) is 0 Å². The number of aromatic nitrogens is 4. The molecule has 2 heterocycles. The Labute approximate surface area is 160 Å². The lowest BCUT2D eigenvalue weighted by Gasteiger charge is -2.09. The van der Waals surface area contributed by atoms with Gasteiger partial charge in [-0.3, -0.25) is 14.3 Å². The predicted molar refractivity (Wildman–Crippen MR) is 104 cm³/mol. The Hall–Kier alpha value is -3.00. The zero-order valence-electron chi connectivity index (χ0n) is 14.7. The van der Waals surface area contributed by atoms with Crippen molar-refractivity contribution in [2.45, 2.75) is 18.6 Å². The van der Waals surface area contributed by atoms with Crippen LogP contribution in [-0.4, -0.2) is 31.4 Å². The third-order valence-corrected chi connectivity index (χ3v) is 4.72. The minimum absolute atomic E-state index is 0.123. The van der Waals surface area contributed by atoms with E-state index in [-0.39, 0.29) is 11.7 Å². The summed E-state index contributed by atoms with van der Waals surface area (Å²) in [5, 5.41) is 11.7. The first-order valence-corrected chi connectivity index (χ1v) is 9.20. The lowest BCUT2D eigenvalue weighted by atomic mass is 10.2. The number of allylic oxidation sites excluding steroid dienone is 1. The number of halogens is 1. The van der Waals surface area contributed by atoms with Crippen LogP contribution in [0.3, 0.4) is 0 Å². The number of amides is 1. The number of carbonyl (C=O) groups is 1. The molecule has 0 fully saturated rings. The van der Waals surface area contributed by atoms with E-state index in [1.165, 1.54) is 23.9 Å². The molecule has 3 aromatic rings. The number of hydrogen-bond donors (Lipinski definition) is 1.